The van der Waals surface area contributed by atoms with Gasteiger partial charge in [0.1, 0.15) is 0 Å². The summed E-state index contributed by atoms with van der Waals surface area (Å²) in [5.74, 6) is 0. The Hall–Kier alpha value is -2.71. The van der Waals surface area contributed by atoms with Gasteiger partial charge in [0.05, 0.1) is 15.5 Å². The molecule has 0 saturated carbocycles. The summed E-state index contributed by atoms with van der Waals surface area (Å²) >= 11 is 1.27. The number of thiazole rings is 1. The number of rotatable bonds is 4. The minimum atomic E-state index is -3.73. The van der Waals surface area contributed by atoms with E-state index in [2.05, 4.69) is 15.6 Å². The Labute approximate surface area is 143 Å². The van der Waals surface area contributed by atoms with Crippen LogP contribution in [0.15, 0.2) is 76.0 Å². The topological polar surface area (TPSA) is 88.2 Å². The molecule has 1 aromatic heterocycles. The van der Waals surface area contributed by atoms with Crippen molar-refractivity contribution in [3.63, 3.8) is 0 Å². The van der Waals surface area contributed by atoms with Gasteiger partial charge in [0.25, 0.3) is 0 Å². The van der Waals surface area contributed by atoms with Crippen LogP contribution in [-0.4, -0.2) is 19.4 Å². The first kappa shape index (κ1) is 16.2. The van der Waals surface area contributed by atoms with E-state index in [9.17, 15) is 13.2 Å². The van der Waals surface area contributed by atoms with E-state index in [1.807, 2.05) is 0 Å². The fraction of sp³-hybridized carbons (Fsp3) is 0. The van der Waals surface area contributed by atoms with E-state index in [-0.39, 0.29) is 15.5 Å². The molecule has 8 heteroatoms. The molecule has 0 radical (unpaired) electrons. The molecule has 0 atom stereocenters. The molecule has 0 fully saturated rings. The molecule has 3 rings (SSSR count). The summed E-state index contributed by atoms with van der Waals surface area (Å²) < 4.78 is 25.5. The maximum absolute atomic E-state index is 12.8. The molecular weight excluding hydrogens is 346 g/mol. The molecule has 1 heterocycles. The van der Waals surface area contributed by atoms with Crippen molar-refractivity contribution >= 4 is 38.0 Å². The number of hydrogen-bond donors (Lipinski definition) is 2. The Kier molecular flexibility index (Phi) is 4.59. The van der Waals surface area contributed by atoms with Crippen molar-refractivity contribution in [2.75, 3.05) is 10.6 Å². The lowest BCUT2D eigenvalue weighted by molar-refractivity contribution is 0.262. The van der Waals surface area contributed by atoms with Crippen LogP contribution in [0, 0.1) is 0 Å². The van der Waals surface area contributed by atoms with Gasteiger partial charge in [0, 0.05) is 11.6 Å². The Morgan fingerprint density at radius 2 is 1.67 bits per heavy atom. The molecule has 0 bridgehead atoms. The van der Waals surface area contributed by atoms with Crippen LogP contribution < -0.4 is 10.6 Å². The minimum Gasteiger partial charge on any atom is -0.306 e. The second-order valence-corrected chi connectivity index (χ2v) is 7.54. The van der Waals surface area contributed by atoms with Gasteiger partial charge in [-0.15, -0.1) is 11.3 Å². The average Bonchev–Trinajstić information content (AvgIpc) is 3.09. The molecule has 6 nitrogen and oxygen atoms in total. The van der Waals surface area contributed by atoms with Crippen LogP contribution >= 0.6 is 11.3 Å². The summed E-state index contributed by atoms with van der Waals surface area (Å²) in [6.45, 7) is 0. The standard InChI is InChI=1S/C16H13N3O3S2/c20-15(19-16-17-10-11-23-16)18-13-8-4-5-9-14(13)24(21,22)12-6-2-1-3-7-12/h1-11H,(H2,17,18,19,20). The first-order chi connectivity index (χ1) is 11.6. The molecular formula is C16H13N3O3S2. The minimum absolute atomic E-state index is 0.0329. The largest absolute Gasteiger partial charge is 0.325 e. The van der Waals surface area contributed by atoms with Crippen molar-refractivity contribution < 1.29 is 13.2 Å². The molecule has 0 aliphatic heterocycles. The molecule has 2 N–H and O–H groups in total. The number of nitrogens with one attached hydrogen (secondary N) is 2. The number of nitrogens with zero attached hydrogens (tertiary/aromatic N) is 1. The number of carbonyl (C=O) groups excluding carboxylic acids is 1. The monoisotopic (exact) mass is 359 g/mol. The Bertz CT molecular complexity index is 940. The summed E-state index contributed by atoms with van der Waals surface area (Å²) in [7, 11) is -3.73. The maximum atomic E-state index is 12.8. The number of carbonyl (C=O) groups is 1. The summed E-state index contributed by atoms with van der Waals surface area (Å²) in [6, 6.07) is 13.8. The van der Waals surface area contributed by atoms with Gasteiger partial charge >= 0.3 is 6.03 Å². The van der Waals surface area contributed by atoms with Crippen LogP contribution in [0.25, 0.3) is 0 Å². The fourth-order valence-corrected chi connectivity index (χ4v) is 4.03. The van der Waals surface area contributed by atoms with Gasteiger partial charge in [-0.3, -0.25) is 5.32 Å². The van der Waals surface area contributed by atoms with Gasteiger partial charge in [-0.1, -0.05) is 30.3 Å². The van der Waals surface area contributed by atoms with E-state index in [0.717, 1.165) is 0 Å². The number of benzene rings is 2. The van der Waals surface area contributed by atoms with Gasteiger partial charge in [0.15, 0.2) is 5.13 Å². The molecule has 2 amide bonds. The summed E-state index contributed by atoms with van der Waals surface area (Å²) in [4.78, 5) is 16.2. The quantitative estimate of drug-likeness (QED) is 0.745. The van der Waals surface area contributed by atoms with Crippen molar-refractivity contribution in [2.45, 2.75) is 9.79 Å². The number of aromatic nitrogens is 1. The van der Waals surface area contributed by atoms with Crippen LogP contribution in [0.5, 0.6) is 0 Å². The molecule has 122 valence electrons. The number of amides is 2. The van der Waals surface area contributed by atoms with Crippen LogP contribution in [0.4, 0.5) is 15.6 Å². The number of anilines is 2. The first-order valence-electron chi connectivity index (χ1n) is 6.94. The molecule has 24 heavy (non-hydrogen) atoms. The number of urea groups is 1. The zero-order valence-electron chi connectivity index (χ0n) is 12.3. The normalized spacial score (nSPS) is 11.0. The van der Waals surface area contributed by atoms with E-state index in [0.29, 0.717) is 5.13 Å². The predicted molar refractivity (Wildman–Crippen MR) is 93.1 cm³/mol. The van der Waals surface area contributed by atoms with E-state index < -0.39 is 15.9 Å². The lowest BCUT2D eigenvalue weighted by Crippen LogP contribution is -2.20. The highest BCUT2D eigenvalue weighted by Crippen LogP contribution is 2.27. The predicted octanol–water partition coefficient (Wildman–Crippen LogP) is 3.62. The third kappa shape index (κ3) is 3.44. The first-order valence-corrected chi connectivity index (χ1v) is 9.30. The van der Waals surface area contributed by atoms with Crippen LogP contribution in [0.3, 0.4) is 0 Å². The van der Waals surface area contributed by atoms with Crippen molar-refractivity contribution in [2.24, 2.45) is 0 Å². The molecule has 0 aliphatic rings. The molecule has 0 saturated heterocycles. The lowest BCUT2D eigenvalue weighted by Gasteiger charge is -2.11. The lowest BCUT2D eigenvalue weighted by atomic mass is 10.3. The van der Waals surface area contributed by atoms with Crippen molar-refractivity contribution in [3.8, 4) is 0 Å². The highest BCUT2D eigenvalue weighted by molar-refractivity contribution is 7.91. The molecule has 0 unspecified atom stereocenters. The Morgan fingerprint density at radius 1 is 0.958 bits per heavy atom. The van der Waals surface area contributed by atoms with Crippen LogP contribution in [0.1, 0.15) is 0 Å². The van der Waals surface area contributed by atoms with E-state index in [1.165, 1.54) is 35.6 Å². The zero-order chi connectivity index (χ0) is 17.0. The smallest absolute Gasteiger partial charge is 0.306 e. The van der Waals surface area contributed by atoms with Crippen molar-refractivity contribution in [3.05, 3.63) is 66.2 Å². The zero-order valence-corrected chi connectivity index (χ0v) is 14.0. The number of para-hydroxylation sites is 1. The van der Waals surface area contributed by atoms with Crippen LogP contribution in [0.2, 0.25) is 0 Å². The molecule has 3 aromatic rings. The maximum Gasteiger partial charge on any atom is 0.325 e. The fourth-order valence-electron chi connectivity index (χ4n) is 2.07. The van der Waals surface area contributed by atoms with E-state index >= 15 is 0 Å². The summed E-state index contributed by atoms with van der Waals surface area (Å²) in [6.07, 6.45) is 1.56. The van der Waals surface area contributed by atoms with Crippen molar-refractivity contribution in [1.29, 1.82) is 0 Å². The third-order valence-corrected chi connectivity index (χ3v) is 5.65. The van der Waals surface area contributed by atoms with E-state index in [4.69, 9.17) is 0 Å². The average molecular weight is 359 g/mol. The van der Waals surface area contributed by atoms with Crippen molar-refractivity contribution in [1.82, 2.24) is 4.98 Å². The highest BCUT2D eigenvalue weighted by atomic mass is 32.2. The van der Waals surface area contributed by atoms with Gasteiger partial charge in [0.2, 0.25) is 9.84 Å². The molecule has 0 aliphatic carbocycles. The molecule has 0 spiro atoms. The summed E-state index contributed by atoms with van der Waals surface area (Å²) in [5, 5.41) is 7.27. The van der Waals surface area contributed by atoms with Gasteiger partial charge in [-0.2, -0.15) is 0 Å². The second kappa shape index (κ2) is 6.81. The third-order valence-electron chi connectivity index (χ3n) is 3.13. The summed E-state index contributed by atoms with van der Waals surface area (Å²) in [5.41, 5.74) is 0.204. The van der Waals surface area contributed by atoms with Crippen LogP contribution in [-0.2, 0) is 9.84 Å². The SMILES string of the molecule is O=C(Nc1nccs1)Nc1ccccc1S(=O)(=O)c1ccccc1. The number of sulfone groups is 1. The Morgan fingerprint density at radius 3 is 2.38 bits per heavy atom. The second-order valence-electron chi connectivity index (χ2n) is 4.73. The van der Waals surface area contributed by atoms with Gasteiger partial charge < -0.3 is 5.32 Å². The highest BCUT2D eigenvalue weighted by Gasteiger charge is 2.21. The Balaban J connectivity index is 1.90. The molecule has 2 aromatic carbocycles. The number of hydrogen-bond acceptors (Lipinski definition) is 5. The van der Waals surface area contributed by atoms with Gasteiger partial charge in [-0.25, -0.2) is 18.2 Å². The van der Waals surface area contributed by atoms with E-state index in [1.54, 1.807) is 41.9 Å². The van der Waals surface area contributed by atoms with Gasteiger partial charge in [-0.05, 0) is 24.3 Å².